The molecule has 0 fully saturated rings. The van der Waals surface area contributed by atoms with Crippen molar-refractivity contribution >= 4 is 29.2 Å². The van der Waals surface area contributed by atoms with Crippen molar-refractivity contribution in [1.29, 1.82) is 0 Å². The number of rotatable bonds is 2. The van der Waals surface area contributed by atoms with Crippen LogP contribution in [0.15, 0.2) is 30.5 Å². The molecule has 88 valence electrons. The van der Waals surface area contributed by atoms with Gasteiger partial charge in [0.2, 0.25) is 0 Å². The summed E-state index contributed by atoms with van der Waals surface area (Å²) in [5.41, 5.74) is 0.151. The van der Waals surface area contributed by atoms with Crippen molar-refractivity contribution in [1.82, 2.24) is 4.57 Å². The van der Waals surface area contributed by atoms with Gasteiger partial charge in [0.05, 0.1) is 15.7 Å². The van der Waals surface area contributed by atoms with Crippen molar-refractivity contribution in [2.24, 2.45) is 0 Å². The van der Waals surface area contributed by atoms with Crippen molar-refractivity contribution < 1.29 is 14.3 Å². The minimum absolute atomic E-state index is 0.0810. The Bertz CT molecular complexity index is 595. The number of aromatic carboxylic acids is 1. The van der Waals surface area contributed by atoms with Crippen molar-refractivity contribution in [3.8, 4) is 5.69 Å². The third-order valence-electron chi connectivity index (χ3n) is 2.17. The molecule has 0 amide bonds. The van der Waals surface area contributed by atoms with Gasteiger partial charge in [-0.3, -0.25) is 0 Å². The van der Waals surface area contributed by atoms with E-state index >= 15 is 0 Å². The predicted molar refractivity (Wildman–Crippen MR) is 62.7 cm³/mol. The summed E-state index contributed by atoms with van der Waals surface area (Å²) in [4.78, 5) is 11.0. The van der Waals surface area contributed by atoms with Crippen LogP contribution in [-0.2, 0) is 0 Å². The molecule has 2 rings (SSSR count). The molecule has 17 heavy (non-hydrogen) atoms. The molecular weight excluding hydrogens is 268 g/mol. The number of nitrogens with zero attached hydrogens (tertiary/aromatic N) is 1. The predicted octanol–water partition coefficient (Wildman–Crippen LogP) is 3.62. The minimum atomic E-state index is -1.17. The maximum Gasteiger partial charge on any atom is 0.352 e. The third-order valence-corrected chi connectivity index (χ3v) is 2.70. The SMILES string of the molecule is O=C(O)c1cc(Cl)cn1-c1cc(F)ccc1Cl. The van der Waals surface area contributed by atoms with Gasteiger partial charge in [-0.15, -0.1) is 0 Å². The van der Waals surface area contributed by atoms with Crippen LogP contribution in [0.25, 0.3) is 5.69 Å². The van der Waals surface area contributed by atoms with Crippen molar-refractivity contribution in [2.45, 2.75) is 0 Å². The zero-order valence-corrected chi connectivity index (χ0v) is 9.84. The monoisotopic (exact) mass is 273 g/mol. The first kappa shape index (κ1) is 12.0. The Labute approximate surface area is 106 Å². The van der Waals surface area contributed by atoms with Crippen molar-refractivity contribution in [3.63, 3.8) is 0 Å². The van der Waals surface area contributed by atoms with Gasteiger partial charge in [0, 0.05) is 6.20 Å². The molecule has 6 heteroatoms. The second-order valence-corrected chi connectivity index (χ2v) is 4.16. The molecule has 0 bridgehead atoms. The van der Waals surface area contributed by atoms with Crippen LogP contribution in [0, 0.1) is 5.82 Å². The zero-order chi connectivity index (χ0) is 12.6. The second kappa shape index (κ2) is 4.39. The molecule has 0 aliphatic rings. The van der Waals surface area contributed by atoms with Crippen LogP contribution in [0.5, 0.6) is 0 Å². The Balaban J connectivity index is 2.67. The van der Waals surface area contributed by atoms with E-state index in [2.05, 4.69) is 0 Å². The molecule has 0 unspecified atom stereocenters. The standard InChI is InChI=1S/C11H6Cl2FNO2/c12-6-3-10(11(16)17)15(5-6)9-4-7(14)1-2-8(9)13/h1-5H,(H,16,17). The van der Waals surface area contributed by atoms with Gasteiger partial charge < -0.3 is 9.67 Å². The van der Waals surface area contributed by atoms with E-state index in [9.17, 15) is 9.18 Å². The Morgan fingerprint density at radius 1 is 1.29 bits per heavy atom. The maximum atomic E-state index is 13.1. The smallest absolute Gasteiger partial charge is 0.352 e. The molecule has 0 aliphatic heterocycles. The topological polar surface area (TPSA) is 42.2 Å². The van der Waals surface area contributed by atoms with Crippen LogP contribution in [-0.4, -0.2) is 15.6 Å². The number of hydrogen-bond donors (Lipinski definition) is 1. The molecular formula is C11H6Cl2FNO2. The van der Waals surface area contributed by atoms with E-state index in [4.69, 9.17) is 28.3 Å². The van der Waals surface area contributed by atoms with E-state index in [-0.39, 0.29) is 21.4 Å². The lowest BCUT2D eigenvalue weighted by molar-refractivity contribution is 0.0688. The summed E-state index contributed by atoms with van der Waals surface area (Å²) in [6.45, 7) is 0. The summed E-state index contributed by atoms with van der Waals surface area (Å²) < 4.78 is 14.4. The highest BCUT2D eigenvalue weighted by molar-refractivity contribution is 6.33. The van der Waals surface area contributed by atoms with Gasteiger partial charge >= 0.3 is 5.97 Å². The highest BCUT2D eigenvalue weighted by Crippen LogP contribution is 2.26. The fraction of sp³-hybridized carbons (Fsp3) is 0. The first-order valence-electron chi connectivity index (χ1n) is 4.55. The average Bonchev–Trinajstić information content (AvgIpc) is 2.64. The first-order chi connectivity index (χ1) is 7.99. The zero-order valence-electron chi connectivity index (χ0n) is 8.32. The van der Waals surface area contributed by atoms with Gasteiger partial charge in [-0.05, 0) is 24.3 Å². The molecule has 0 aliphatic carbocycles. The second-order valence-electron chi connectivity index (χ2n) is 3.31. The fourth-order valence-corrected chi connectivity index (χ4v) is 1.87. The van der Waals surface area contributed by atoms with E-state index in [1.807, 2.05) is 0 Å². The lowest BCUT2D eigenvalue weighted by Crippen LogP contribution is -2.06. The lowest BCUT2D eigenvalue weighted by atomic mass is 10.3. The third kappa shape index (κ3) is 2.28. The molecule has 0 saturated heterocycles. The van der Waals surface area contributed by atoms with Gasteiger partial charge in [0.25, 0.3) is 0 Å². The van der Waals surface area contributed by atoms with Crippen molar-refractivity contribution in [2.75, 3.05) is 0 Å². The molecule has 1 aromatic heterocycles. The molecule has 0 saturated carbocycles. The average molecular weight is 274 g/mol. The number of carboxylic acid groups (broad SMARTS) is 1. The molecule has 0 spiro atoms. The molecule has 2 aromatic rings. The summed E-state index contributed by atoms with van der Waals surface area (Å²) >= 11 is 11.6. The van der Waals surface area contributed by atoms with Crippen LogP contribution < -0.4 is 0 Å². The molecule has 1 heterocycles. The van der Waals surface area contributed by atoms with Gasteiger partial charge in [-0.2, -0.15) is 0 Å². The van der Waals surface area contributed by atoms with Crippen LogP contribution in [0.3, 0.4) is 0 Å². The first-order valence-corrected chi connectivity index (χ1v) is 5.31. The lowest BCUT2D eigenvalue weighted by Gasteiger charge is -2.08. The van der Waals surface area contributed by atoms with Gasteiger partial charge in [0.1, 0.15) is 11.5 Å². The Hall–Kier alpha value is -1.52. The van der Waals surface area contributed by atoms with Crippen LogP contribution >= 0.6 is 23.2 Å². The van der Waals surface area contributed by atoms with E-state index < -0.39 is 11.8 Å². The number of carboxylic acids is 1. The number of benzene rings is 1. The summed E-state index contributed by atoms with van der Waals surface area (Å²) in [6, 6.07) is 4.96. The van der Waals surface area contributed by atoms with Gasteiger partial charge in [0.15, 0.2) is 0 Å². The Kier molecular flexibility index (Phi) is 3.09. The number of hydrogen-bond acceptors (Lipinski definition) is 1. The molecule has 0 atom stereocenters. The quantitative estimate of drug-likeness (QED) is 0.908. The van der Waals surface area contributed by atoms with E-state index in [1.54, 1.807) is 0 Å². The van der Waals surface area contributed by atoms with Crippen LogP contribution in [0.1, 0.15) is 10.5 Å². The van der Waals surface area contributed by atoms with Gasteiger partial charge in [-0.25, -0.2) is 9.18 Å². The molecule has 1 aromatic carbocycles. The maximum absolute atomic E-state index is 13.1. The van der Waals surface area contributed by atoms with Gasteiger partial charge in [-0.1, -0.05) is 23.2 Å². The Morgan fingerprint density at radius 2 is 2.00 bits per heavy atom. The largest absolute Gasteiger partial charge is 0.477 e. The van der Waals surface area contributed by atoms with E-state index in [1.165, 1.54) is 29.0 Å². The van der Waals surface area contributed by atoms with E-state index in [0.717, 1.165) is 6.07 Å². The molecule has 3 nitrogen and oxygen atoms in total. The highest BCUT2D eigenvalue weighted by Gasteiger charge is 2.15. The summed E-state index contributed by atoms with van der Waals surface area (Å²) in [6.07, 6.45) is 1.37. The molecule has 0 radical (unpaired) electrons. The van der Waals surface area contributed by atoms with Crippen molar-refractivity contribution in [3.05, 3.63) is 52.0 Å². The molecule has 1 N–H and O–H groups in total. The summed E-state index contributed by atoms with van der Waals surface area (Å²) in [7, 11) is 0. The summed E-state index contributed by atoms with van der Waals surface area (Å²) in [5.74, 6) is -1.68. The fourth-order valence-electron chi connectivity index (χ4n) is 1.46. The summed E-state index contributed by atoms with van der Waals surface area (Å²) in [5, 5.41) is 9.46. The Morgan fingerprint density at radius 3 is 2.65 bits per heavy atom. The minimum Gasteiger partial charge on any atom is -0.477 e. The number of halogens is 3. The number of aromatic nitrogens is 1. The van der Waals surface area contributed by atoms with Crippen LogP contribution in [0.2, 0.25) is 10.0 Å². The van der Waals surface area contributed by atoms with Crippen LogP contribution in [0.4, 0.5) is 4.39 Å². The van der Waals surface area contributed by atoms with E-state index in [0.29, 0.717) is 0 Å². The number of carbonyl (C=O) groups is 1. The normalized spacial score (nSPS) is 10.5. The highest BCUT2D eigenvalue weighted by atomic mass is 35.5.